The lowest BCUT2D eigenvalue weighted by molar-refractivity contribution is 0.0526. The molecular weight excluding hydrogens is 376 g/mol. The fraction of sp³-hybridized carbons (Fsp3) is 0.550. The van der Waals surface area contributed by atoms with Gasteiger partial charge in [-0.3, -0.25) is 14.4 Å². The van der Waals surface area contributed by atoms with Gasteiger partial charge in [-0.1, -0.05) is 6.92 Å². The summed E-state index contributed by atoms with van der Waals surface area (Å²) >= 11 is 1.48. The molecule has 1 N–H and O–H groups in total. The van der Waals surface area contributed by atoms with Crippen molar-refractivity contribution in [2.75, 3.05) is 25.0 Å². The first-order valence-electron chi connectivity index (χ1n) is 9.88. The number of carbonyl (C=O) groups is 2. The van der Waals surface area contributed by atoms with E-state index in [-0.39, 0.29) is 11.9 Å². The number of nitrogens with zero attached hydrogens (tertiary/aromatic N) is 3. The quantitative estimate of drug-likeness (QED) is 0.715. The summed E-state index contributed by atoms with van der Waals surface area (Å²) in [4.78, 5) is 28.9. The number of anilines is 1. The molecule has 0 bridgehead atoms. The minimum Gasteiger partial charge on any atom is -0.462 e. The number of esters is 1. The summed E-state index contributed by atoms with van der Waals surface area (Å²) in [7, 11) is 0. The van der Waals surface area contributed by atoms with Crippen molar-refractivity contribution in [3.05, 3.63) is 33.5 Å². The fourth-order valence-electron chi connectivity index (χ4n) is 3.58. The smallest absolute Gasteiger partial charge is 0.341 e. The number of carbonyl (C=O) groups excluding carboxylic acids is 2. The average molecular weight is 405 g/mol. The van der Waals surface area contributed by atoms with Gasteiger partial charge in [0.05, 0.1) is 12.2 Å². The van der Waals surface area contributed by atoms with E-state index in [2.05, 4.69) is 22.2 Å². The summed E-state index contributed by atoms with van der Waals surface area (Å²) < 4.78 is 7.06. The second-order valence-corrected chi connectivity index (χ2v) is 8.00. The first kappa shape index (κ1) is 20.5. The third-order valence-corrected chi connectivity index (χ3v) is 6.03. The Labute approximate surface area is 169 Å². The lowest BCUT2D eigenvalue weighted by Gasteiger charge is -2.26. The zero-order valence-electron chi connectivity index (χ0n) is 17.0. The highest BCUT2D eigenvalue weighted by molar-refractivity contribution is 7.17. The van der Waals surface area contributed by atoms with E-state index >= 15 is 0 Å². The maximum Gasteiger partial charge on any atom is 0.341 e. The summed E-state index contributed by atoms with van der Waals surface area (Å²) in [6.45, 7) is 11.6. The number of ether oxygens (including phenoxy) is 1. The van der Waals surface area contributed by atoms with Crippen LogP contribution in [-0.4, -0.2) is 46.3 Å². The Balaban J connectivity index is 1.90. The van der Waals surface area contributed by atoms with Gasteiger partial charge < -0.3 is 10.1 Å². The number of hydrogen-bond acceptors (Lipinski definition) is 6. The molecule has 1 amide bonds. The van der Waals surface area contributed by atoms with Gasteiger partial charge in [-0.25, -0.2) is 4.79 Å². The van der Waals surface area contributed by atoms with E-state index in [1.54, 1.807) is 17.7 Å². The molecule has 152 valence electrons. The second-order valence-electron chi connectivity index (χ2n) is 6.90. The van der Waals surface area contributed by atoms with E-state index in [0.717, 1.165) is 48.6 Å². The minimum absolute atomic E-state index is 0.301. The van der Waals surface area contributed by atoms with Gasteiger partial charge in [-0.15, -0.1) is 11.3 Å². The van der Waals surface area contributed by atoms with Crippen LogP contribution in [0, 0.1) is 6.92 Å². The molecule has 28 heavy (non-hydrogen) atoms. The van der Waals surface area contributed by atoms with Crippen molar-refractivity contribution in [1.82, 2.24) is 14.7 Å². The van der Waals surface area contributed by atoms with Crippen molar-refractivity contribution in [3.8, 4) is 0 Å². The number of hydrogen-bond donors (Lipinski definition) is 1. The molecule has 0 saturated heterocycles. The minimum atomic E-state index is -0.366. The Kier molecular flexibility index (Phi) is 6.51. The zero-order valence-corrected chi connectivity index (χ0v) is 17.8. The molecule has 8 heteroatoms. The van der Waals surface area contributed by atoms with Crippen LogP contribution in [0.5, 0.6) is 0 Å². The summed E-state index contributed by atoms with van der Waals surface area (Å²) in [5.74, 6) is -0.667. The van der Waals surface area contributed by atoms with E-state index in [1.807, 2.05) is 13.8 Å². The molecule has 0 aromatic carbocycles. The number of aromatic nitrogens is 2. The molecule has 2 aromatic rings. The Hall–Kier alpha value is -2.19. The predicted octanol–water partition coefficient (Wildman–Crippen LogP) is 3.47. The van der Waals surface area contributed by atoms with Gasteiger partial charge in [0, 0.05) is 30.2 Å². The highest BCUT2D eigenvalue weighted by Gasteiger charge is 2.29. The maximum absolute atomic E-state index is 12.8. The lowest BCUT2D eigenvalue weighted by atomic mass is 10.0. The first-order chi connectivity index (χ1) is 13.5. The summed E-state index contributed by atoms with van der Waals surface area (Å²) in [6, 6.07) is 1.76. The average Bonchev–Trinajstić information content (AvgIpc) is 3.21. The molecule has 0 radical (unpaired) electrons. The van der Waals surface area contributed by atoms with Gasteiger partial charge in [0.1, 0.15) is 5.00 Å². The SMILES string of the molecule is CCCN1CCc2c(sc(NC(=O)c3cc(C)n(CC)n3)c2C(=O)OCC)C1. The Bertz CT molecular complexity index is 871. The molecule has 1 aliphatic rings. The molecule has 3 heterocycles. The van der Waals surface area contributed by atoms with Crippen LogP contribution in [0.2, 0.25) is 0 Å². The van der Waals surface area contributed by atoms with E-state index in [4.69, 9.17) is 4.74 Å². The molecule has 1 aliphatic heterocycles. The van der Waals surface area contributed by atoms with E-state index < -0.39 is 0 Å². The van der Waals surface area contributed by atoms with Crippen LogP contribution in [0.4, 0.5) is 5.00 Å². The molecule has 0 unspecified atom stereocenters. The number of fused-ring (bicyclic) bond motifs is 1. The van der Waals surface area contributed by atoms with Crippen LogP contribution in [0.3, 0.4) is 0 Å². The third-order valence-electron chi connectivity index (χ3n) is 4.90. The van der Waals surface area contributed by atoms with E-state index in [1.165, 1.54) is 11.3 Å². The fourth-order valence-corrected chi connectivity index (χ4v) is 4.85. The van der Waals surface area contributed by atoms with Crippen molar-refractivity contribution < 1.29 is 14.3 Å². The monoisotopic (exact) mass is 404 g/mol. The van der Waals surface area contributed by atoms with Crippen molar-refractivity contribution in [2.24, 2.45) is 0 Å². The second kappa shape index (κ2) is 8.87. The number of nitrogens with one attached hydrogen (secondary N) is 1. The Morgan fingerprint density at radius 3 is 2.75 bits per heavy atom. The summed E-state index contributed by atoms with van der Waals surface area (Å²) in [6.07, 6.45) is 1.88. The highest BCUT2D eigenvalue weighted by Crippen LogP contribution is 2.38. The number of thiophene rings is 1. The van der Waals surface area contributed by atoms with Crippen molar-refractivity contribution in [1.29, 1.82) is 0 Å². The van der Waals surface area contributed by atoms with Crippen molar-refractivity contribution >= 4 is 28.2 Å². The molecule has 0 saturated carbocycles. The highest BCUT2D eigenvalue weighted by atomic mass is 32.1. The standard InChI is InChI=1S/C20H28N4O3S/c1-5-9-23-10-8-14-16(12-23)28-19(17(14)20(26)27-7-3)21-18(25)15-11-13(4)24(6-2)22-15/h11H,5-10,12H2,1-4H3,(H,21,25). The van der Waals surface area contributed by atoms with Crippen LogP contribution in [-0.2, 0) is 24.2 Å². The van der Waals surface area contributed by atoms with Crippen LogP contribution in [0.25, 0.3) is 0 Å². The molecule has 0 fully saturated rings. The Morgan fingerprint density at radius 1 is 1.32 bits per heavy atom. The molecule has 3 rings (SSSR count). The first-order valence-corrected chi connectivity index (χ1v) is 10.7. The molecule has 2 aromatic heterocycles. The van der Waals surface area contributed by atoms with Crippen LogP contribution >= 0.6 is 11.3 Å². The predicted molar refractivity (Wildman–Crippen MR) is 110 cm³/mol. The van der Waals surface area contributed by atoms with Crippen LogP contribution in [0.1, 0.15) is 64.2 Å². The Morgan fingerprint density at radius 2 is 2.11 bits per heavy atom. The van der Waals surface area contributed by atoms with Gasteiger partial charge in [0.15, 0.2) is 5.69 Å². The number of aryl methyl sites for hydroxylation is 2. The summed E-state index contributed by atoms with van der Waals surface area (Å²) in [5, 5.41) is 7.82. The van der Waals surface area contributed by atoms with Gasteiger partial charge in [-0.2, -0.15) is 5.10 Å². The maximum atomic E-state index is 12.8. The topological polar surface area (TPSA) is 76.5 Å². The zero-order chi connectivity index (χ0) is 20.3. The van der Waals surface area contributed by atoms with Crippen molar-refractivity contribution in [2.45, 2.75) is 53.6 Å². The molecule has 0 aliphatic carbocycles. The van der Waals surface area contributed by atoms with E-state index in [9.17, 15) is 9.59 Å². The van der Waals surface area contributed by atoms with Crippen LogP contribution in [0.15, 0.2) is 6.07 Å². The van der Waals surface area contributed by atoms with E-state index in [0.29, 0.717) is 29.4 Å². The summed E-state index contributed by atoms with van der Waals surface area (Å²) in [5.41, 5.74) is 2.81. The van der Waals surface area contributed by atoms with Gasteiger partial charge >= 0.3 is 5.97 Å². The van der Waals surface area contributed by atoms with Crippen LogP contribution < -0.4 is 5.32 Å². The molecular formula is C20H28N4O3S. The largest absolute Gasteiger partial charge is 0.462 e. The third kappa shape index (κ3) is 4.12. The van der Waals surface area contributed by atoms with Gasteiger partial charge in [0.25, 0.3) is 5.91 Å². The number of rotatable bonds is 7. The lowest BCUT2D eigenvalue weighted by Crippen LogP contribution is -2.30. The normalized spacial score (nSPS) is 14.0. The van der Waals surface area contributed by atoms with Gasteiger partial charge in [0.2, 0.25) is 0 Å². The molecule has 7 nitrogen and oxygen atoms in total. The van der Waals surface area contributed by atoms with Crippen molar-refractivity contribution in [3.63, 3.8) is 0 Å². The molecule has 0 atom stereocenters. The number of amides is 1. The van der Waals surface area contributed by atoms with Gasteiger partial charge in [-0.05, 0) is 51.8 Å². The molecule has 0 spiro atoms.